The topological polar surface area (TPSA) is 62.4 Å². The summed E-state index contributed by atoms with van der Waals surface area (Å²) < 4.78 is 5.12. The van der Waals surface area contributed by atoms with Crippen molar-refractivity contribution in [1.82, 2.24) is 9.88 Å². The number of rotatable bonds is 2. The largest absolute Gasteiger partial charge is 0.468 e. The minimum Gasteiger partial charge on any atom is -0.468 e. The Balaban J connectivity index is 1.89. The minimum absolute atomic E-state index is 0.0647. The van der Waals surface area contributed by atoms with Gasteiger partial charge in [0.1, 0.15) is 11.8 Å². The molecular formula is C20H24N2O3. The van der Waals surface area contributed by atoms with E-state index in [1.165, 1.54) is 7.11 Å². The van der Waals surface area contributed by atoms with Crippen molar-refractivity contribution in [2.75, 3.05) is 7.11 Å². The highest BCUT2D eigenvalue weighted by molar-refractivity contribution is 5.88. The van der Waals surface area contributed by atoms with Crippen LogP contribution in [0, 0.1) is 5.92 Å². The summed E-state index contributed by atoms with van der Waals surface area (Å²) in [5.74, 6) is 0.362. The predicted molar refractivity (Wildman–Crippen MR) is 95.3 cm³/mol. The van der Waals surface area contributed by atoms with Crippen molar-refractivity contribution in [1.29, 1.82) is 0 Å². The lowest BCUT2D eigenvalue weighted by molar-refractivity contribution is -0.154. The summed E-state index contributed by atoms with van der Waals surface area (Å²) in [4.78, 5) is 30.8. The maximum absolute atomic E-state index is 12.6. The van der Waals surface area contributed by atoms with Crippen LogP contribution in [-0.2, 0) is 20.7 Å². The van der Waals surface area contributed by atoms with Gasteiger partial charge in [-0.1, -0.05) is 32.0 Å². The highest BCUT2D eigenvalue weighted by Gasteiger charge is 2.48. The van der Waals surface area contributed by atoms with Crippen LogP contribution in [0.2, 0.25) is 0 Å². The zero-order valence-corrected chi connectivity index (χ0v) is 14.9. The number of methoxy groups -OCH3 is 1. The van der Waals surface area contributed by atoms with E-state index in [-0.39, 0.29) is 29.9 Å². The molecule has 0 spiro atoms. The number of hydrogen-bond acceptors (Lipinski definition) is 4. The molecular weight excluding hydrogens is 316 g/mol. The Kier molecular flexibility index (Phi) is 3.91. The molecule has 25 heavy (non-hydrogen) atoms. The lowest BCUT2D eigenvalue weighted by Crippen LogP contribution is -2.58. The van der Waals surface area contributed by atoms with Gasteiger partial charge >= 0.3 is 5.97 Å². The van der Waals surface area contributed by atoms with Crippen LogP contribution in [0.5, 0.6) is 0 Å². The minimum atomic E-state index is -0.331. The molecule has 0 amide bonds. The molecule has 2 aromatic rings. The smallest absolute Gasteiger partial charge is 0.323 e. The lowest BCUT2D eigenvalue weighted by atomic mass is 9.80. The third kappa shape index (κ3) is 2.49. The number of H-pyrrole nitrogens is 1. The van der Waals surface area contributed by atoms with Crippen molar-refractivity contribution in [3.05, 3.63) is 35.5 Å². The Labute approximate surface area is 147 Å². The van der Waals surface area contributed by atoms with Crippen molar-refractivity contribution in [3.63, 3.8) is 0 Å². The first-order valence-electron chi connectivity index (χ1n) is 8.97. The number of carbonyl (C=O) groups is 2. The highest BCUT2D eigenvalue weighted by Crippen LogP contribution is 2.44. The average molecular weight is 340 g/mol. The fourth-order valence-electron chi connectivity index (χ4n) is 4.62. The Morgan fingerprint density at radius 3 is 2.72 bits per heavy atom. The molecule has 3 heterocycles. The number of piperidine rings is 1. The first kappa shape index (κ1) is 16.3. The fraction of sp³-hybridized carbons (Fsp3) is 0.500. The van der Waals surface area contributed by atoms with Gasteiger partial charge in [0.25, 0.3) is 0 Å². The molecule has 1 aromatic heterocycles. The molecule has 132 valence electrons. The zero-order valence-electron chi connectivity index (χ0n) is 14.9. The lowest BCUT2D eigenvalue weighted by Gasteiger charge is -2.49. The first-order chi connectivity index (χ1) is 12.0. The quantitative estimate of drug-likeness (QED) is 0.854. The average Bonchev–Trinajstić information content (AvgIpc) is 2.98. The predicted octanol–water partition coefficient (Wildman–Crippen LogP) is 3.00. The molecule has 5 nitrogen and oxygen atoms in total. The molecule has 0 aliphatic carbocycles. The Morgan fingerprint density at radius 1 is 1.24 bits per heavy atom. The van der Waals surface area contributed by atoms with E-state index < -0.39 is 0 Å². The number of ether oxygens (including phenoxy) is 1. The Morgan fingerprint density at radius 2 is 2.00 bits per heavy atom. The van der Waals surface area contributed by atoms with Gasteiger partial charge < -0.3 is 9.72 Å². The number of hydrogen-bond donors (Lipinski definition) is 1. The van der Waals surface area contributed by atoms with E-state index in [4.69, 9.17) is 4.74 Å². The number of ketones is 1. The van der Waals surface area contributed by atoms with Gasteiger partial charge in [-0.05, 0) is 17.5 Å². The molecule has 2 aliphatic heterocycles. The second-order valence-corrected chi connectivity index (χ2v) is 7.53. The van der Waals surface area contributed by atoms with Gasteiger partial charge in [0, 0.05) is 41.9 Å². The summed E-state index contributed by atoms with van der Waals surface area (Å²) in [5, 5.41) is 1.14. The molecule has 3 atom stereocenters. The number of benzene rings is 1. The summed E-state index contributed by atoms with van der Waals surface area (Å²) in [7, 11) is 1.45. The van der Waals surface area contributed by atoms with E-state index in [1.807, 2.05) is 12.1 Å². The van der Waals surface area contributed by atoms with Gasteiger partial charge in [-0.3, -0.25) is 14.5 Å². The van der Waals surface area contributed by atoms with Crippen LogP contribution in [0.15, 0.2) is 24.3 Å². The van der Waals surface area contributed by atoms with E-state index in [0.717, 1.165) is 22.2 Å². The number of esters is 1. The second kappa shape index (κ2) is 5.99. The SMILES string of the molecule is COC(=O)[C@@H]1Cc2c([nH]c3ccccc23)[C@H]2CC(=O)C[C@@H](C(C)C)N21. The monoisotopic (exact) mass is 340 g/mol. The highest BCUT2D eigenvalue weighted by atomic mass is 16.5. The summed E-state index contributed by atoms with van der Waals surface area (Å²) in [5.41, 5.74) is 3.32. The molecule has 1 aromatic carbocycles. The number of aromatic nitrogens is 1. The van der Waals surface area contributed by atoms with Crippen LogP contribution < -0.4 is 0 Å². The summed E-state index contributed by atoms with van der Waals surface area (Å²) in [6, 6.07) is 7.81. The molecule has 0 radical (unpaired) electrons. The first-order valence-corrected chi connectivity index (χ1v) is 8.97. The van der Waals surface area contributed by atoms with Crippen LogP contribution in [0.1, 0.15) is 44.0 Å². The molecule has 1 N–H and O–H groups in total. The van der Waals surface area contributed by atoms with Crippen molar-refractivity contribution < 1.29 is 14.3 Å². The molecule has 0 saturated carbocycles. The molecule has 5 heteroatoms. The Hall–Kier alpha value is -2.14. The number of carbonyl (C=O) groups excluding carboxylic acids is 2. The zero-order chi connectivity index (χ0) is 17.7. The number of nitrogens with one attached hydrogen (secondary N) is 1. The van der Waals surface area contributed by atoms with E-state index in [2.05, 4.69) is 35.9 Å². The molecule has 0 unspecified atom stereocenters. The van der Waals surface area contributed by atoms with Crippen LogP contribution in [0.3, 0.4) is 0 Å². The number of para-hydroxylation sites is 1. The van der Waals surface area contributed by atoms with Gasteiger partial charge in [0.05, 0.1) is 13.2 Å². The van der Waals surface area contributed by atoms with Crippen LogP contribution in [0.4, 0.5) is 0 Å². The number of Topliss-reactive ketones (excluding diaryl/α,β-unsaturated/α-hetero) is 1. The maximum atomic E-state index is 12.6. The summed E-state index contributed by atoms with van der Waals surface area (Å²) in [6.07, 6.45) is 1.59. The normalized spacial score (nSPS) is 26.6. The third-order valence-electron chi connectivity index (χ3n) is 5.78. The van der Waals surface area contributed by atoms with Crippen LogP contribution in [-0.4, -0.2) is 40.8 Å². The van der Waals surface area contributed by atoms with Gasteiger partial charge in [0.2, 0.25) is 0 Å². The number of aromatic amines is 1. The van der Waals surface area contributed by atoms with Gasteiger partial charge in [-0.25, -0.2) is 0 Å². The Bertz CT molecular complexity index is 839. The second-order valence-electron chi connectivity index (χ2n) is 7.53. The summed E-state index contributed by atoms with van der Waals surface area (Å²) >= 11 is 0. The molecule has 4 rings (SSSR count). The number of nitrogens with zero attached hydrogens (tertiary/aromatic N) is 1. The van der Waals surface area contributed by atoms with Crippen LogP contribution in [0.25, 0.3) is 10.9 Å². The summed E-state index contributed by atoms with van der Waals surface area (Å²) in [6.45, 7) is 4.24. The van der Waals surface area contributed by atoms with Crippen molar-refractivity contribution in [2.24, 2.45) is 5.92 Å². The van der Waals surface area contributed by atoms with Gasteiger partial charge in [-0.2, -0.15) is 0 Å². The van der Waals surface area contributed by atoms with Gasteiger partial charge in [0.15, 0.2) is 0 Å². The van der Waals surface area contributed by atoms with Crippen molar-refractivity contribution >= 4 is 22.7 Å². The van der Waals surface area contributed by atoms with Gasteiger partial charge in [-0.15, -0.1) is 0 Å². The number of fused-ring (bicyclic) bond motifs is 5. The third-order valence-corrected chi connectivity index (χ3v) is 5.78. The van der Waals surface area contributed by atoms with Crippen LogP contribution >= 0.6 is 0 Å². The maximum Gasteiger partial charge on any atom is 0.323 e. The van der Waals surface area contributed by atoms with Crippen molar-refractivity contribution in [2.45, 2.75) is 51.2 Å². The molecule has 1 saturated heterocycles. The fourth-order valence-corrected chi connectivity index (χ4v) is 4.62. The standard InChI is InChI=1S/C20H24N2O3/c1-11(2)16-8-12(23)9-17-19-14(10-18(22(16)17)20(24)25-3)13-6-4-5-7-15(13)21-19/h4-7,11,16-18,21H,8-10H2,1-3H3/t16-,17+,18-/m0/s1. The van der Waals surface area contributed by atoms with E-state index in [1.54, 1.807) is 0 Å². The van der Waals surface area contributed by atoms with E-state index in [0.29, 0.717) is 25.2 Å². The van der Waals surface area contributed by atoms with E-state index >= 15 is 0 Å². The molecule has 1 fully saturated rings. The van der Waals surface area contributed by atoms with Crippen molar-refractivity contribution in [3.8, 4) is 0 Å². The van der Waals surface area contributed by atoms with E-state index in [9.17, 15) is 9.59 Å². The molecule has 2 aliphatic rings. The molecule has 0 bridgehead atoms.